The molecule has 2 fully saturated rings. The first kappa shape index (κ1) is 38.0. The van der Waals surface area contributed by atoms with Gasteiger partial charge >= 0.3 is 11.8 Å². The smallest absolute Gasteiger partial charge is 0.300 e. The molecule has 4 aliphatic rings. The number of Topliss-reactive ketones (excluding diaryl/α,β-unsaturated/α-hetero) is 2. The SMILES string of the molecule is Cc1ccc(/C(O)=C2\C(=O)C(=O)N3c4ccccc4NC(=O)C23Cc2nc3ccccc3nc2CC23C(=O)Nc4ccccc4N2C(=O)C(=O)/C3=C(/O)c2ccc(C)cc2)cc1. The third kappa shape index (κ3) is 5.29. The Morgan fingerprint density at radius 1 is 0.516 bits per heavy atom. The average molecular weight is 823 g/mol. The van der Waals surface area contributed by atoms with E-state index < -0.39 is 81.8 Å². The molecule has 62 heavy (non-hydrogen) atoms. The molecule has 2 atom stereocenters. The molecule has 0 radical (unpaired) electrons. The topological polar surface area (TPSA) is 199 Å². The summed E-state index contributed by atoms with van der Waals surface area (Å²) in [5, 5.41) is 29.8. The van der Waals surface area contributed by atoms with Gasteiger partial charge < -0.3 is 20.8 Å². The second-order valence-electron chi connectivity index (χ2n) is 15.7. The molecule has 6 aromatic rings. The molecule has 2 saturated heterocycles. The quantitative estimate of drug-likeness (QED) is 0.0894. The van der Waals surface area contributed by atoms with Crippen LogP contribution >= 0.6 is 0 Å². The summed E-state index contributed by atoms with van der Waals surface area (Å²) >= 11 is 0. The van der Waals surface area contributed by atoms with Crippen molar-refractivity contribution in [3.05, 3.63) is 166 Å². The molecule has 10 rings (SSSR count). The third-order valence-corrected chi connectivity index (χ3v) is 12.1. The van der Waals surface area contributed by atoms with Gasteiger partial charge in [0.2, 0.25) is 0 Å². The zero-order valence-electron chi connectivity index (χ0n) is 33.1. The largest absolute Gasteiger partial charge is 0.507 e. The number of nitrogens with one attached hydrogen (secondary N) is 2. The summed E-state index contributed by atoms with van der Waals surface area (Å²) in [6.07, 6.45) is -1.16. The van der Waals surface area contributed by atoms with E-state index in [9.17, 15) is 39.0 Å². The molecule has 4 N–H and O–H groups in total. The Bertz CT molecular complexity index is 2900. The number of aryl methyl sites for hydroxylation is 2. The molecule has 4 aliphatic heterocycles. The number of aromatic nitrogens is 2. The molecule has 0 spiro atoms. The summed E-state index contributed by atoms with van der Waals surface area (Å²) in [6, 6.07) is 32.7. The number of para-hydroxylation sites is 6. The first-order chi connectivity index (χ1) is 29.8. The number of aliphatic hydroxyl groups excluding tert-OH is 2. The zero-order valence-corrected chi connectivity index (χ0v) is 33.1. The van der Waals surface area contributed by atoms with Crippen LogP contribution in [0, 0.1) is 13.8 Å². The lowest BCUT2D eigenvalue weighted by Gasteiger charge is -2.43. The van der Waals surface area contributed by atoms with E-state index in [1.54, 1.807) is 121 Å². The lowest BCUT2D eigenvalue weighted by atomic mass is 9.77. The maximum atomic E-state index is 14.9. The minimum Gasteiger partial charge on any atom is -0.507 e. The van der Waals surface area contributed by atoms with E-state index in [4.69, 9.17) is 9.97 Å². The number of carbonyl (C=O) groups is 6. The molecule has 5 aromatic carbocycles. The van der Waals surface area contributed by atoms with Gasteiger partial charge in [-0.1, -0.05) is 96.1 Å². The van der Waals surface area contributed by atoms with Crippen LogP contribution in [0.15, 0.2) is 132 Å². The van der Waals surface area contributed by atoms with Gasteiger partial charge in [-0.05, 0) is 50.2 Å². The van der Waals surface area contributed by atoms with Gasteiger partial charge in [0, 0.05) is 24.0 Å². The van der Waals surface area contributed by atoms with Crippen LogP contribution in [0.3, 0.4) is 0 Å². The molecule has 5 heterocycles. The highest BCUT2D eigenvalue weighted by molar-refractivity contribution is 6.56. The number of rotatable bonds is 6. The second kappa shape index (κ2) is 13.6. The highest BCUT2D eigenvalue weighted by Gasteiger charge is 2.66. The van der Waals surface area contributed by atoms with Gasteiger partial charge in [-0.15, -0.1) is 0 Å². The molecule has 4 amide bonds. The summed E-state index contributed by atoms with van der Waals surface area (Å²) in [6.45, 7) is 3.68. The zero-order chi connectivity index (χ0) is 43.2. The van der Waals surface area contributed by atoms with Crippen LogP contribution in [0.25, 0.3) is 22.6 Å². The number of ketones is 2. The van der Waals surface area contributed by atoms with Gasteiger partial charge in [-0.2, -0.15) is 0 Å². The van der Waals surface area contributed by atoms with Crippen molar-refractivity contribution < 1.29 is 39.0 Å². The Morgan fingerprint density at radius 2 is 0.871 bits per heavy atom. The molecule has 2 unspecified atom stereocenters. The maximum absolute atomic E-state index is 14.9. The first-order valence-corrected chi connectivity index (χ1v) is 19.7. The molecular formula is C48H34N6O8. The van der Waals surface area contributed by atoms with E-state index in [0.717, 1.165) is 20.9 Å². The van der Waals surface area contributed by atoms with Crippen LogP contribution < -0.4 is 20.4 Å². The van der Waals surface area contributed by atoms with E-state index in [0.29, 0.717) is 11.0 Å². The van der Waals surface area contributed by atoms with E-state index in [1.165, 1.54) is 0 Å². The molecule has 14 nitrogen and oxygen atoms in total. The van der Waals surface area contributed by atoms with Crippen molar-refractivity contribution in [1.82, 2.24) is 9.97 Å². The summed E-state index contributed by atoms with van der Waals surface area (Å²) < 4.78 is 0. The summed E-state index contributed by atoms with van der Waals surface area (Å²) in [7, 11) is 0. The molecule has 1 aromatic heterocycles. The highest BCUT2D eigenvalue weighted by atomic mass is 16.3. The van der Waals surface area contributed by atoms with Crippen LogP contribution in [0.2, 0.25) is 0 Å². The molecule has 0 bridgehead atoms. The van der Waals surface area contributed by atoms with Crippen molar-refractivity contribution in [2.24, 2.45) is 0 Å². The number of hydrogen-bond acceptors (Lipinski definition) is 10. The van der Waals surface area contributed by atoms with Crippen molar-refractivity contribution in [3.8, 4) is 0 Å². The number of fused-ring (bicyclic) bond motifs is 7. The van der Waals surface area contributed by atoms with Crippen molar-refractivity contribution in [2.75, 3.05) is 20.4 Å². The van der Waals surface area contributed by atoms with E-state index in [2.05, 4.69) is 10.6 Å². The van der Waals surface area contributed by atoms with Crippen LogP contribution in [-0.4, -0.2) is 66.5 Å². The van der Waals surface area contributed by atoms with E-state index in [-0.39, 0.29) is 45.3 Å². The molecule has 304 valence electrons. The standard InChI is InChI=1S/C48H34N6O8/c1-25-15-19-27(20-16-25)39(55)37-41(57)43(59)53-35-13-7-5-11-31(35)51-45(61)47(37,53)23-33-34(50-30-10-4-3-9-29(30)49-33)24-48-38(40(56)28-21-17-26(2)18-22-28)42(58)44(60)54(48)36-14-8-6-12-32(36)52-46(48)62/h3-22,55-56H,23-24H2,1-2H3,(H,51,61)(H,52,62)/b39-37-,40-38-. The fourth-order valence-corrected chi connectivity index (χ4v) is 9.08. The van der Waals surface area contributed by atoms with Crippen LogP contribution in [0.5, 0.6) is 0 Å². The molecule has 0 saturated carbocycles. The fraction of sp³-hybridized carbons (Fsp3) is 0.125. The predicted octanol–water partition coefficient (Wildman–Crippen LogP) is 5.88. The van der Waals surface area contributed by atoms with E-state index in [1.807, 2.05) is 13.8 Å². The Hall–Kier alpha value is -8.26. The maximum Gasteiger partial charge on any atom is 0.300 e. The number of benzene rings is 5. The van der Waals surface area contributed by atoms with Crippen LogP contribution in [0.4, 0.5) is 22.7 Å². The predicted molar refractivity (Wildman–Crippen MR) is 229 cm³/mol. The number of hydrogen-bond donors (Lipinski definition) is 4. The monoisotopic (exact) mass is 822 g/mol. The van der Waals surface area contributed by atoms with Crippen LogP contribution in [0.1, 0.15) is 33.6 Å². The van der Waals surface area contributed by atoms with Crippen molar-refractivity contribution in [1.29, 1.82) is 0 Å². The number of aliphatic hydroxyl groups is 2. The number of amides is 4. The number of carbonyl (C=O) groups excluding carboxylic acids is 6. The summed E-state index contributed by atoms with van der Waals surface area (Å²) in [5.41, 5.74) is -2.06. The third-order valence-electron chi connectivity index (χ3n) is 12.1. The van der Waals surface area contributed by atoms with Gasteiger partial charge in [0.15, 0.2) is 11.1 Å². The molecule has 14 heteroatoms. The second-order valence-corrected chi connectivity index (χ2v) is 15.7. The number of anilines is 4. The lowest BCUT2D eigenvalue weighted by Crippen LogP contribution is -2.61. The van der Waals surface area contributed by atoms with Crippen molar-refractivity contribution in [2.45, 2.75) is 37.8 Å². The Morgan fingerprint density at radius 3 is 1.26 bits per heavy atom. The van der Waals surface area contributed by atoms with Crippen LogP contribution in [-0.2, 0) is 41.6 Å². The molecular weight excluding hydrogens is 789 g/mol. The highest BCUT2D eigenvalue weighted by Crippen LogP contribution is 2.51. The average Bonchev–Trinajstić information content (AvgIpc) is 3.64. The summed E-state index contributed by atoms with van der Waals surface area (Å²) in [4.78, 5) is 99.4. The summed E-state index contributed by atoms with van der Waals surface area (Å²) in [5.74, 6) is -7.30. The van der Waals surface area contributed by atoms with Gasteiger partial charge in [-0.3, -0.25) is 38.6 Å². The van der Waals surface area contributed by atoms with Gasteiger partial charge in [-0.25, -0.2) is 9.97 Å². The van der Waals surface area contributed by atoms with Crippen molar-refractivity contribution >= 4 is 80.5 Å². The lowest BCUT2D eigenvalue weighted by molar-refractivity contribution is -0.132. The minimum absolute atomic E-state index is 0.0121. The Kier molecular flexibility index (Phi) is 8.35. The van der Waals surface area contributed by atoms with Gasteiger partial charge in [0.25, 0.3) is 23.4 Å². The van der Waals surface area contributed by atoms with Gasteiger partial charge in [0.1, 0.15) is 11.5 Å². The fourth-order valence-electron chi connectivity index (χ4n) is 9.08. The molecule has 0 aliphatic carbocycles. The van der Waals surface area contributed by atoms with Gasteiger partial charge in [0.05, 0.1) is 56.3 Å². The number of nitrogens with zero attached hydrogens (tertiary/aromatic N) is 4. The normalized spacial score (nSPS) is 21.9. The van der Waals surface area contributed by atoms with Crippen molar-refractivity contribution in [3.63, 3.8) is 0 Å². The minimum atomic E-state index is -2.29. The Balaban J connectivity index is 1.25. The van der Waals surface area contributed by atoms with E-state index >= 15 is 0 Å². The Labute approximate surface area is 352 Å². The first-order valence-electron chi connectivity index (χ1n) is 19.7.